The van der Waals surface area contributed by atoms with Gasteiger partial charge in [0, 0.05) is 11.6 Å². The standard InChI is InChI=1S/C16H13NO4/c18-10-12-3-1-2-4-13(12)17-16(21)8-6-11-5-7-14(19)15(20)9-11/h1-10,19-20H,(H,17,21)/b8-6+. The van der Waals surface area contributed by atoms with Gasteiger partial charge in [-0.25, -0.2) is 0 Å². The maximum Gasteiger partial charge on any atom is 0.248 e. The van der Waals surface area contributed by atoms with E-state index in [1.54, 1.807) is 30.3 Å². The molecule has 0 aromatic heterocycles. The van der Waals surface area contributed by atoms with Crippen LogP contribution in [-0.2, 0) is 4.79 Å². The lowest BCUT2D eigenvalue weighted by molar-refractivity contribution is -0.111. The predicted molar refractivity (Wildman–Crippen MR) is 79.3 cm³/mol. The Morgan fingerprint density at radius 2 is 1.81 bits per heavy atom. The van der Waals surface area contributed by atoms with Gasteiger partial charge in [-0.1, -0.05) is 18.2 Å². The highest BCUT2D eigenvalue weighted by molar-refractivity contribution is 6.04. The molecule has 5 nitrogen and oxygen atoms in total. The average Bonchev–Trinajstić information content (AvgIpc) is 2.49. The lowest BCUT2D eigenvalue weighted by atomic mass is 10.1. The van der Waals surface area contributed by atoms with Gasteiger partial charge in [-0.15, -0.1) is 0 Å². The van der Waals surface area contributed by atoms with Crippen LogP contribution in [0.1, 0.15) is 15.9 Å². The first-order valence-electron chi connectivity index (χ1n) is 6.15. The van der Waals surface area contributed by atoms with Crippen LogP contribution < -0.4 is 5.32 Å². The van der Waals surface area contributed by atoms with E-state index < -0.39 is 5.91 Å². The zero-order valence-electron chi connectivity index (χ0n) is 11.0. The van der Waals surface area contributed by atoms with Gasteiger partial charge in [0.1, 0.15) is 0 Å². The highest BCUT2D eigenvalue weighted by Gasteiger charge is 2.03. The van der Waals surface area contributed by atoms with Gasteiger partial charge in [0.2, 0.25) is 5.91 Å². The number of hydrogen-bond donors (Lipinski definition) is 3. The smallest absolute Gasteiger partial charge is 0.248 e. The number of rotatable bonds is 4. The molecule has 0 unspecified atom stereocenters. The summed E-state index contributed by atoms with van der Waals surface area (Å²) in [5.74, 6) is -0.891. The number of amides is 1. The summed E-state index contributed by atoms with van der Waals surface area (Å²) in [6, 6.07) is 10.9. The first-order chi connectivity index (χ1) is 10.1. The SMILES string of the molecule is O=Cc1ccccc1NC(=O)/C=C/c1ccc(O)c(O)c1. The van der Waals surface area contributed by atoms with Crippen molar-refractivity contribution in [3.8, 4) is 11.5 Å². The maximum atomic E-state index is 11.8. The number of para-hydroxylation sites is 1. The van der Waals surface area contributed by atoms with Crippen LogP contribution in [0.15, 0.2) is 48.5 Å². The van der Waals surface area contributed by atoms with E-state index in [1.807, 2.05) is 0 Å². The third-order valence-corrected chi connectivity index (χ3v) is 2.77. The fraction of sp³-hybridized carbons (Fsp3) is 0. The summed E-state index contributed by atoms with van der Waals surface area (Å²) in [4.78, 5) is 22.6. The van der Waals surface area contributed by atoms with Crippen molar-refractivity contribution in [1.29, 1.82) is 0 Å². The Bertz CT molecular complexity index is 707. The Morgan fingerprint density at radius 1 is 1.05 bits per heavy atom. The van der Waals surface area contributed by atoms with Gasteiger partial charge in [0.05, 0.1) is 5.69 Å². The van der Waals surface area contributed by atoms with E-state index in [0.717, 1.165) is 0 Å². The first-order valence-corrected chi connectivity index (χ1v) is 6.15. The second kappa shape index (κ2) is 6.38. The molecule has 0 fully saturated rings. The molecule has 0 heterocycles. The Labute approximate surface area is 121 Å². The highest BCUT2D eigenvalue weighted by Crippen LogP contribution is 2.25. The van der Waals surface area contributed by atoms with Crippen molar-refractivity contribution in [1.82, 2.24) is 0 Å². The molecule has 0 aliphatic carbocycles. The van der Waals surface area contributed by atoms with Gasteiger partial charge >= 0.3 is 0 Å². The van der Waals surface area contributed by atoms with Gasteiger partial charge in [0.25, 0.3) is 0 Å². The zero-order valence-corrected chi connectivity index (χ0v) is 11.0. The molecular formula is C16H13NO4. The van der Waals surface area contributed by atoms with Gasteiger partial charge in [-0.3, -0.25) is 9.59 Å². The van der Waals surface area contributed by atoms with Crippen molar-refractivity contribution >= 4 is 24.0 Å². The topological polar surface area (TPSA) is 86.6 Å². The van der Waals surface area contributed by atoms with Crippen LogP contribution in [0.2, 0.25) is 0 Å². The lowest BCUT2D eigenvalue weighted by Gasteiger charge is -2.04. The minimum absolute atomic E-state index is 0.225. The number of hydrogen-bond acceptors (Lipinski definition) is 4. The van der Waals surface area contributed by atoms with E-state index in [0.29, 0.717) is 23.1 Å². The molecule has 0 saturated heterocycles. The van der Waals surface area contributed by atoms with E-state index in [9.17, 15) is 19.8 Å². The predicted octanol–water partition coefficient (Wildman–Crippen LogP) is 2.56. The van der Waals surface area contributed by atoms with Gasteiger partial charge in [-0.2, -0.15) is 0 Å². The largest absolute Gasteiger partial charge is 0.504 e. The molecule has 0 aliphatic rings. The molecule has 0 atom stereocenters. The Kier molecular flexibility index (Phi) is 4.36. The molecule has 0 saturated carbocycles. The van der Waals surface area contributed by atoms with Crippen molar-refractivity contribution in [2.45, 2.75) is 0 Å². The normalized spacial score (nSPS) is 10.5. The summed E-state index contributed by atoms with van der Waals surface area (Å²) in [5.41, 5.74) is 1.38. The van der Waals surface area contributed by atoms with Crippen LogP contribution in [0.25, 0.3) is 6.08 Å². The number of carbonyl (C=O) groups is 2. The summed E-state index contributed by atoms with van der Waals surface area (Å²) in [5, 5.41) is 21.1. The van der Waals surface area contributed by atoms with Crippen molar-refractivity contribution in [3.05, 3.63) is 59.7 Å². The molecule has 0 bridgehead atoms. The van der Waals surface area contributed by atoms with Crippen molar-refractivity contribution in [3.63, 3.8) is 0 Å². The molecule has 0 radical (unpaired) electrons. The zero-order chi connectivity index (χ0) is 15.2. The van der Waals surface area contributed by atoms with Crippen LogP contribution in [-0.4, -0.2) is 22.4 Å². The van der Waals surface area contributed by atoms with E-state index in [1.165, 1.54) is 24.3 Å². The average molecular weight is 283 g/mol. The summed E-state index contributed by atoms with van der Waals surface area (Å²) in [6.07, 6.45) is 3.42. The number of anilines is 1. The third kappa shape index (κ3) is 3.70. The summed E-state index contributed by atoms with van der Waals surface area (Å²) < 4.78 is 0. The lowest BCUT2D eigenvalue weighted by Crippen LogP contribution is -2.09. The van der Waals surface area contributed by atoms with Crippen LogP contribution >= 0.6 is 0 Å². The number of phenolic OH excluding ortho intramolecular Hbond substituents is 2. The molecule has 3 N–H and O–H groups in total. The van der Waals surface area contributed by atoms with E-state index in [-0.39, 0.29) is 11.5 Å². The van der Waals surface area contributed by atoms with Crippen molar-refractivity contribution in [2.24, 2.45) is 0 Å². The van der Waals surface area contributed by atoms with Crippen LogP contribution in [0.5, 0.6) is 11.5 Å². The Balaban J connectivity index is 2.09. The second-order valence-electron chi connectivity index (χ2n) is 4.28. The molecule has 0 spiro atoms. The molecule has 2 aromatic rings. The number of carbonyl (C=O) groups excluding carboxylic acids is 2. The van der Waals surface area contributed by atoms with Crippen LogP contribution in [0.4, 0.5) is 5.69 Å². The minimum Gasteiger partial charge on any atom is -0.504 e. The molecule has 1 amide bonds. The third-order valence-electron chi connectivity index (χ3n) is 2.77. The number of aromatic hydroxyl groups is 2. The van der Waals surface area contributed by atoms with Crippen LogP contribution in [0, 0.1) is 0 Å². The first kappa shape index (κ1) is 14.3. The van der Waals surface area contributed by atoms with Crippen molar-refractivity contribution < 1.29 is 19.8 Å². The summed E-state index contributed by atoms with van der Waals surface area (Å²) in [6.45, 7) is 0. The Morgan fingerprint density at radius 3 is 2.52 bits per heavy atom. The van der Waals surface area contributed by atoms with Gasteiger partial charge < -0.3 is 15.5 Å². The maximum absolute atomic E-state index is 11.8. The molecule has 106 valence electrons. The van der Waals surface area contributed by atoms with Crippen LogP contribution in [0.3, 0.4) is 0 Å². The molecular weight excluding hydrogens is 270 g/mol. The number of benzene rings is 2. The summed E-state index contributed by atoms with van der Waals surface area (Å²) >= 11 is 0. The molecule has 2 aromatic carbocycles. The second-order valence-corrected chi connectivity index (χ2v) is 4.28. The van der Waals surface area contributed by atoms with Crippen molar-refractivity contribution in [2.75, 3.05) is 5.32 Å². The summed E-state index contributed by atoms with van der Waals surface area (Å²) in [7, 11) is 0. The van der Waals surface area contributed by atoms with Gasteiger partial charge in [-0.05, 0) is 35.9 Å². The highest BCUT2D eigenvalue weighted by atomic mass is 16.3. The fourth-order valence-corrected chi connectivity index (χ4v) is 1.70. The molecule has 2 rings (SSSR count). The number of phenols is 2. The molecule has 0 aliphatic heterocycles. The molecule has 5 heteroatoms. The minimum atomic E-state index is -0.406. The number of aldehydes is 1. The monoisotopic (exact) mass is 283 g/mol. The van der Waals surface area contributed by atoms with E-state index in [2.05, 4.69) is 5.32 Å². The molecule has 21 heavy (non-hydrogen) atoms. The quantitative estimate of drug-likeness (QED) is 0.457. The Hall–Kier alpha value is -3.08. The number of nitrogens with one attached hydrogen (secondary N) is 1. The van der Waals surface area contributed by atoms with E-state index >= 15 is 0 Å². The fourth-order valence-electron chi connectivity index (χ4n) is 1.70. The van der Waals surface area contributed by atoms with Gasteiger partial charge in [0.15, 0.2) is 17.8 Å². The van der Waals surface area contributed by atoms with E-state index in [4.69, 9.17) is 0 Å².